The molecule has 10 heteroatoms. The normalized spacial score (nSPS) is 12.8. The molecule has 2 aromatic carbocycles. The number of benzene rings is 2. The molecule has 0 fully saturated rings. The summed E-state index contributed by atoms with van der Waals surface area (Å²) in [7, 11) is 0. The number of H-pyrrole nitrogens is 1. The molecule has 2 heterocycles. The zero-order valence-corrected chi connectivity index (χ0v) is 17.9. The van der Waals surface area contributed by atoms with E-state index >= 15 is 0 Å². The number of rotatable bonds is 6. The van der Waals surface area contributed by atoms with E-state index in [1.807, 2.05) is 24.3 Å². The number of ether oxygens (including phenoxy) is 1. The highest BCUT2D eigenvalue weighted by Gasteiger charge is 2.24. The summed E-state index contributed by atoms with van der Waals surface area (Å²) in [6, 6.07) is 12.3. The lowest BCUT2D eigenvalue weighted by molar-refractivity contribution is -0.122. The molecule has 1 aliphatic rings. The fourth-order valence-corrected chi connectivity index (χ4v) is 3.69. The van der Waals surface area contributed by atoms with E-state index in [1.54, 1.807) is 18.2 Å². The molecule has 0 aliphatic heterocycles. The number of phenols is 1. The van der Waals surface area contributed by atoms with Crippen molar-refractivity contribution < 1.29 is 19.4 Å². The summed E-state index contributed by atoms with van der Waals surface area (Å²) in [5.74, 6) is -0.217. The van der Waals surface area contributed by atoms with E-state index in [2.05, 4.69) is 25.3 Å². The lowest BCUT2D eigenvalue weighted by Gasteiger charge is -2.15. The Bertz CT molecular complexity index is 1440. The van der Waals surface area contributed by atoms with E-state index in [9.17, 15) is 14.7 Å². The molecule has 0 unspecified atom stereocenters. The van der Waals surface area contributed by atoms with Gasteiger partial charge in [-0.25, -0.2) is 4.98 Å². The number of hydrogen-bond acceptors (Lipinski definition) is 8. The molecule has 1 aliphatic carbocycles. The van der Waals surface area contributed by atoms with Crippen LogP contribution in [0.15, 0.2) is 54.4 Å². The van der Waals surface area contributed by atoms with Gasteiger partial charge >= 0.3 is 0 Å². The number of nitrogen functional groups attached to an aromatic ring is 1. The average Bonchev–Trinajstić information content (AvgIpc) is 3.29. The Morgan fingerprint density at radius 1 is 1.15 bits per heavy atom. The monoisotopic (exact) mass is 456 g/mol. The topological polar surface area (TPSA) is 156 Å². The molecule has 170 valence electrons. The van der Waals surface area contributed by atoms with Crippen LogP contribution in [0.2, 0.25) is 0 Å². The number of nitrogens with one attached hydrogen (secondary N) is 2. The molecule has 0 saturated heterocycles. The predicted octanol–water partition coefficient (Wildman–Crippen LogP) is 2.04. The van der Waals surface area contributed by atoms with Gasteiger partial charge in [-0.3, -0.25) is 9.59 Å². The van der Waals surface area contributed by atoms with Gasteiger partial charge in [-0.05, 0) is 40.5 Å². The standard InChI is InChI=1S/C24H20N6O4/c25-24-29-21-20(27-12-28-21)23(30-24)34-11-14-3-1-13(2-4-14)10-26-22(33)18-8-15-5-6-17(31)7-16(15)9-19(18)32/h1-8,12,31H,9-11H2,(H,26,33)(H3,25,27,28,29,30). The number of carbonyl (C=O) groups is 2. The number of nitrogens with zero attached hydrogens (tertiary/aromatic N) is 3. The summed E-state index contributed by atoms with van der Waals surface area (Å²) in [6.07, 6.45) is 3.14. The van der Waals surface area contributed by atoms with Crippen LogP contribution in [0, 0.1) is 0 Å². The van der Waals surface area contributed by atoms with E-state index in [1.165, 1.54) is 12.4 Å². The highest BCUT2D eigenvalue weighted by atomic mass is 16.5. The van der Waals surface area contributed by atoms with E-state index in [4.69, 9.17) is 10.5 Å². The minimum Gasteiger partial charge on any atom is -0.508 e. The van der Waals surface area contributed by atoms with Crippen molar-refractivity contribution in [1.82, 2.24) is 25.3 Å². The molecule has 5 N–H and O–H groups in total. The number of aromatic nitrogens is 4. The van der Waals surface area contributed by atoms with Crippen molar-refractivity contribution in [1.29, 1.82) is 0 Å². The van der Waals surface area contributed by atoms with Gasteiger partial charge in [0.15, 0.2) is 11.4 Å². The Morgan fingerprint density at radius 2 is 1.94 bits per heavy atom. The smallest absolute Gasteiger partial charge is 0.255 e. The molecule has 2 aromatic heterocycles. The van der Waals surface area contributed by atoms with E-state index in [-0.39, 0.29) is 42.6 Å². The maximum atomic E-state index is 12.6. The molecule has 0 radical (unpaired) electrons. The number of carbonyl (C=O) groups excluding carboxylic acids is 2. The molecule has 34 heavy (non-hydrogen) atoms. The number of nitrogens with two attached hydrogens (primary N) is 1. The van der Waals surface area contributed by atoms with Gasteiger partial charge < -0.3 is 25.9 Å². The van der Waals surface area contributed by atoms with Crippen LogP contribution >= 0.6 is 0 Å². The summed E-state index contributed by atoms with van der Waals surface area (Å²) in [4.78, 5) is 40.1. The number of phenolic OH excluding ortho intramolecular Hbond substituents is 1. The Kier molecular flexibility index (Phi) is 5.38. The fourth-order valence-electron chi connectivity index (χ4n) is 3.69. The van der Waals surface area contributed by atoms with Gasteiger partial charge in [0.25, 0.3) is 5.91 Å². The molecule has 10 nitrogen and oxygen atoms in total. The maximum absolute atomic E-state index is 12.6. The number of imidazole rings is 1. The highest BCUT2D eigenvalue weighted by molar-refractivity contribution is 6.24. The van der Waals surface area contributed by atoms with Gasteiger partial charge in [-0.15, -0.1) is 0 Å². The van der Waals surface area contributed by atoms with E-state index in [0.717, 1.165) is 16.7 Å². The minimum atomic E-state index is -0.430. The summed E-state index contributed by atoms with van der Waals surface area (Å²) in [5, 5.41) is 12.4. The third-order valence-corrected chi connectivity index (χ3v) is 5.44. The van der Waals surface area contributed by atoms with Gasteiger partial charge in [-0.2, -0.15) is 9.97 Å². The lowest BCUT2D eigenvalue weighted by Crippen LogP contribution is -2.30. The first-order valence-electron chi connectivity index (χ1n) is 10.5. The van der Waals surface area contributed by atoms with Crippen LogP contribution in [0.1, 0.15) is 22.3 Å². The molecular formula is C24H20N6O4. The number of aromatic amines is 1. The lowest BCUT2D eigenvalue weighted by atomic mass is 9.90. The molecule has 0 bridgehead atoms. The van der Waals surface area contributed by atoms with E-state index < -0.39 is 5.91 Å². The predicted molar refractivity (Wildman–Crippen MR) is 124 cm³/mol. The van der Waals surface area contributed by atoms with Crippen molar-refractivity contribution in [2.75, 3.05) is 5.73 Å². The fraction of sp³-hybridized carbons (Fsp3) is 0.125. The zero-order valence-electron chi connectivity index (χ0n) is 17.9. The highest BCUT2D eigenvalue weighted by Crippen LogP contribution is 2.25. The first-order valence-corrected chi connectivity index (χ1v) is 10.5. The Morgan fingerprint density at radius 3 is 2.76 bits per heavy atom. The molecule has 0 saturated carbocycles. The van der Waals surface area contributed by atoms with Crippen molar-refractivity contribution in [3.05, 3.63) is 76.6 Å². The Labute approximate surface area is 193 Å². The second-order valence-electron chi connectivity index (χ2n) is 7.82. The maximum Gasteiger partial charge on any atom is 0.255 e. The van der Waals surface area contributed by atoms with Crippen LogP contribution in [0.25, 0.3) is 17.2 Å². The first kappa shape index (κ1) is 21.1. The third kappa shape index (κ3) is 4.29. The number of Topliss-reactive ketones (excluding diaryl/α,β-unsaturated/α-hetero) is 1. The summed E-state index contributed by atoms with van der Waals surface area (Å²) >= 11 is 0. The number of aromatic hydroxyl groups is 1. The second kappa shape index (κ2) is 8.66. The molecule has 4 aromatic rings. The molecule has 5 rings (SSSR count). The summed E-state index contributed by atoms with van der Waals surface area (Å²) < 4.78 is 5.78. The van der Waals surface area contributed by atoms with Crippen molar-refractivity contribution in [3.63, 3.8) is 0 Å². The van der Waals surface area contributed by atoms with Crippen molar-refractivity contribution in [2.45, 2.75) is 19.6 Å². The van der Waals surface area contributed by atoms with Crippen molar-refractivity contribution in [3.8, 4) is 11.6 Å². The Balaban J connectivity index is 1.20. The number of fused-ring (bicyclic) bond motifs is 2. The quantitative estimate of drug-likeness (QED) is 0.321. The molecular weight excluding hydrogens is 436 g/mol. The minimum absolute atomic E-state index is 0.0777. The van der Waals surface area contributed by atoms with E-state index in [0.29, 0.717) is 22.6 Å². The van der Waals surface area contributed by atoms with Crippen LogP contribution in [0.4, 0.5) is 5.95 Å². The van der Waals surface area contributed by atoms with Gasteiger partial charge in [0.2, 0.25) is 11.8 Å². The number of ketones is 1. The third-order valence-electron chi connectivity index (χ3n) is 5.44. The number of amides is 1. The summed E-state index contributed by atoms with van der Waals surface area (Å²) in [5.41, 5.74) is 10.0. The molecule has 1 amide bonds. The van der Waals surface area contributed by atoms with Gasteiger partial charge in [0, 0.05) is 13.0 Å². The van der Waals surface area contributed by atoms with Crippen LogP contribution in [-0.2, 0) is 29.2 Å². The van der Waals surface area contributed by atoms with Crippen molar-refractivity contribution >= 4 is 34.9 Å². The molecule has 0 spiro atoms. The van der Waals surface area contributed by atoms with Crippen LogP contribution < -0.4 is 15.8 Å². The van der Waals surface area contributed by atoms with Crippen LogP contribution in [0.5, 0.6) is 11.6 Å². The van der Waals surface area contributed by atoms with Crippen LogP contribution in [-0.4, -0.2) is 36.7 Å². The largest absolute Gasteiger partial charge is 0.508 e. The van der Waals surface area contributed by atoms with Gasteiger partial charge in [-0.1, -0.05) is 30.3 Å². The van der Waals surface area contributed by atoms with Crippen molar-refractivity contribution in [2.24, 2.45) is 0 Å². The number of hydrogen-bond donors (Lipinski definition) is 4. The molecule has 0 atom stereocenters. The SMILES string of the molecule is Nc1nc(OCc2ccc(CNC(=O)C3=Cc4ccc(O)cc4CC3=O)cc2)c2[nH]cnc2n1. The number of anilines is 1. The second-order valence-corrected chi connectivity index (χ2v) is 7.82. The summed E-state index contributed by atoms with van der Waals surface area (Å²) in [6.45, 7) is 0.526. The van der Waals surface area contributed by atoms with Gasteiger partial charge in [0.05, 0.1) is 11.9 Å². The van der Waals surface area contributed by atoms with Gasteiger partial charge in [0.1, 0.15) is 17.9 Å². The zero-order chi connectivity index (χ0) is 23.7. The van der Waals surface area contributed by atoms with Crippen LogP contribution in [0.3, 0.4) is 0 Å². The first-order chi connectivity index (χ1) is 16.5. The Hall–Kier alpha value is -4.73. The average molecular weight is 456 g/mol.